The van der Waals surface area contributed by atoms with Gasteiger partial charge in [0.2, 0.25) is 0 Å². The van der Waals surface area contributed by atoms with E-state index >= 15 is 0 Å². The van der Waals surface area contributed by atoms with Crippen molar-refractivity contribution in [3.05, 3.63) is 34.9 Å². The fraction of sp³-hybridized carbons (Fsp3) is 0.462. The molecule has 1 aromatic rings. The first kappa shape index (κ1) is 12.3. The Morgan fingerprint density at radius 3 is 2.67 bits per heavy atom. The molecule has 0 amide bonds. The topological polar surface area (TPSA) is 17.1 Å². The molecule has 1 atom stereocenters. The van der Waals surface area contributed by atoms with E-state index in [-0.39, 0.29) is 11.7 Å². The molecule has 0 bridgehead atoms. The summed E-state index contributed by atoms with van der Waals surface area (Å²) in [4.78, 5) is 11.8. The molecule has 82 valence electrons. The molecule has 0 N–H and O–H groups in total. The van der Waals surface area contributed by atoms with E-state index in [1.54, 1.807) is 0 Å². The van der Waals surface area contributed by atoms with Gasteiger partial charge in [0.1, 0.15) is 5.78 Å². The van der Waals surface area contributed by atoms with Gasteiger partial charge in [0, 0.05) is 17.4 Å². The molecule has 0 saturated carbocycles. The molecule has 2 heteroatoms. The largest absolute Gasteiger partial charge is 0.299 e. The summed E-state index contributed by atoms with van der Waals surface area (Å²) < 4.78 is 0. The first-order valence-electron chi connectivity index (χ1n) is 5.41. The number of carbonyl (C=O) groups is 1. The zero-order chi connectivity index (χ0) is 11.3. The van der Waals surface area contributed by atoms with Crippen molar-refractivity contribution in [1.82, 2.24) is 0 Å². The number of hydrogen-bond acceptors (Lipinski definition) is 1. The van der Waals surface area contributed by atoms with E-state index in [9.17, 15) is 4.79 Å². The van der Waals surface area contributed by atoms with Crippen LogP contribution in [0.3, 0.4) is 0 Å². The predicted octanol–water partition coefficient (Wildman–Crippen LogP) is 3.89. The first-order valence-corrected chi connectivity index (χ1v) is 5.79. The van der Waals surface area contributed by atoms with Crippen LogP contribution in [0.15, 0.2) is 24.3 Å². The Kier molecular flexibility index (Phi) is 4.83. The lowest BCUT2D eigenvalue weighted by Gasteiger charge is -2.09. The zero-order valence-electron chi connectivity index (χ0n) is 9.29. The third-order valence-corrected chi connectivity index (χ3v) is 2.96. The molecule has 1 unspecified atom stereocenters. The Bertz CT molecular complexity index is 333. The molecular formula is C13H17ClO. The Labute approximate surface area is 96.5 Å². The van der Waals surface area contributed by atoms with Crippen LogP contribution in [0.1, 0.15) is 32.3 Å². The van der Waals surface area contributed by atoms with Gasteiger partial charge in [-0.25, -0.2) is 0 Å². The van der Waals surface area contributed by atoms with Gasteiger partial charge in [-0.3, -0.25) is 4.79 Å². The van der Waals surface area contributed by atoms with Crippen molar-refractivity contribution in [1.29, 1.82) is 0 Å². The predicted molar refractivity (Wildman–Crippen MR) is 64.2 cm³/mol. The molecule has 0 heterocycles. The van der Waals surface area contributed by atoms with Gasteiger partial charge in [-0.1, -0.05) is 50.1 Å². The normalized spacial score (nSPS) is 12.5. The second-order valence-corrected chi connectivity index (χ2v) is 4.33. The maximum absolute atomic E-state index is 11.8. The van der Waals surface area contributed by atoms with Crippen LogP contribution in [0.2, 0.25) is 5.02 Å². The zero-order valence-corrected chi connectivity index (χ0v) is 10.1. The molecule has 0 aliphatic heterocycles. The molecule has 1 nitrogen and oxygen atoms in total. The average molecular weight is 225 g/mol. The van der Waals surface area contributed by atoms with E-state index in [4.69, 9.17) is 11.6 Å². The molecule has 0 fully saturated rings. The van der Waals surface area contributed by atoms with E-state index < -0.39 is 0 Å². The molecule has 15 heavy (non-hydrogen) atoms. The van der Waals surface area contributed by atoms with Gasteiger partial charge in [0.25, 0.3) is 0 Å². The standard InChI is InChI=1S/C13H17ClO/c1-3-6-10(2)13(15)9-11-7-4-5-8-12(11)14/h4-5,7-8,10H,3,6,9H2,1-2H3. The van der Waals surface area contributed by atoms with Crippen molar-refractivity contribution >= 4 is 17.4 Å². The molecule has 0 radical (unpaired) electrons. The molecule has 0 aliphatic carbocycles. The van der Waals surface area contributed by atoms with Crippen molar-refractivity contribution < 1.29 is 4.79 Å². The highest BCUT2D eigenvalue weighted by atomic mass is 35.5. The smallest absolute Gasteiger partial charge is 0.140 e. The summed E-state index contributed by atoms with van der Waals surface area (Å²) in [5, 5.41) is 0.689. The number of hydrogen-bond donors (Lipinski definition) is 0. The maximum atomic E-state index is 11.8. The third-order valence-electron chi connectivity index (χ3n) is 2.59. The molecule has 0 spiro atoms. The van der Waals surface area contributed by atoms with Crippen molar-refractivity contribution in [3.63, 3.8) is 0 Å². The number of carbonyl (C=O) groups excluding carboxylic acids is 1. The minimum atomic E-state index is 0.145. The van der Waals surface area contributed by atoms with Gasteiger partial charge >= 0.3 is 0 Å². The Morgan fingerprint density at radius 2 is 2.07 bits per heavy atom. The summed E-state index contributed by atoms with van der Waals surface area (Å²) in [6.07, 6.45) is 2.47. The summed E-state index contributed by atoms with van der Waals surface area (Å²) in [6, 6.07) is 7.54. The van der Waals surface area contributed by atoms with Crippen LogP contribution in [0.4, 0.5) is 0 Å². The van der Waals surface area contributed by atoms with Crippen molar-refractivity contribution in [2.45, 2.75) is 33.1 Å². The number of Topliss-reactive ketones (excluding diaryl/α,β-unsaturated/α-hetero) is 1. The number of rotatable bonds is 5. The quantitative estimate of drug-likeness (QED) is 0.742. The Balaban J connectivity index is 2.62. The van der Waals surface area contributed by atoms with Gasteiger partial charge in [-0.2, -0.15) is 0 Å². The number of ketones is 1. The van der Waals surface area contributed by atoms with Crippen LogP contribution in [0.25, 0.3) is 0 Å². The van der Waals surface area contributed by atoms with E-state index in [2.05, 4.69) is 6.92 Å². The van der Waals surface area contributed by atoms with Crippen molar-refractivity contribution in [2.24, 2.45) is 5.92 Å². The third kappa shape index (κ3) is 3.67. The van der Waals surface area contributed by atoms with Crippen molar-refractivity contribution in [2.75, 3.05) is 0 Å². The lowest BCUT2D eigenvalue weighted by atomic mass is 9.96. The van der Waals surface area contributed by atoms with Crippen LogP contribution >= 0.6 is 11.6 Å². The molecule has 0 saturated heterocycles. The van der Waals surface area contributed by atoms with Gasteiger partial charge in [-0.05, 0) is 18.1 Å². The number of halogens is 1. The second kappa shape index (κ2) is 5.92. The maximum Gasteiger partial charge on any atom is 0.140 e. The van der Waals surface area contributed by atoms with E-state index in [0.717, 1.165) is 18.4 Å². The molecule has 0 aliphatic rings. The van der Waals surface area contributed by atoms with Crippen LogP contribution < -0.4 is 0 Å². The molecular weight excluding hydrogens is 208 g/mol. The SMILES string of the molecule is CCCC(C)C(=O)Cc1ccccc1Cl. The van der Waals surface area contributed by atoms with E-state index in [0.29, 0.717) is 11.4 Å². The van der Waals surface area contributed by atoms with Gasteiger partial charge in [0.05, 0.1) is 0 Å². The fourth-order valence-electron chi connectivity index (χ4n) is 1.60. The summed E-state index contributed by atoms with van der Waals surface area (Å²) >= 11 is 6.00. The Morgan fingerprint density at radius 1 is 1.40 bits per heavy atom. The van der Waals surface area contributed by atoms with Crippen molar-refractivity contribution in [3.8, 4) is 0 Å². The van der Waals surface area contributed by atoms with Gasteiger partial charge in [-0.15, -0.1) is 0 Å². The molecule has 1 rings (SSSR count). The monoisotopic (exact) mass is 224 g/mol. The minimum absolute atomic E-state index is 0.145. The molecule has 0 aromatic heterocycles. The molecule has 1 aromatic carbocycles. The fourth-order valence-corrected chi connectivity index (χ4v) is 1.80. The van der Waals surface area contributed by atoms with E-state index in [1.807, 2.05) is 31.2 Å². The van der Waals surface area contributed by atoms with E-state index in [1.165, 1.54) is 0 Å². The Hall–Kier alpha value is -0.820. The summed E-state index contributed by atoms with van der Waals surface area (Å²) in [7, 11) is 0. The lowest BCUT2D eigenvalue weighted by Crippen LogP contribution is -2.13. The average Bonchev–Trinajstić information content (AvgIpc) is 2.21. The minimum Gasteiger partial charge on any atom is -0.299 e. The van der Waals surface area contributed by atoms with Crippen LogP contribution in [-0.4, -0.2) is 5.78 Å². The number of benzene rings is 1. The van der Waals surface area contributed by atoms with Crippen LogP contribution in [-0.2, 0) is 11.2 Å². The van der Waals surface area contributed by atoms with Gasteiger partial charge in [0.15, 0.2) is 0 Å². The highest BCUT2D eigenvalue weighted by Gasteiger charge is 2.13. The second-order valence-electron chi connectivity index (χ2n) is 3.92. The van der Waals surface area contributed by atoms with Crippen LogP contribution in [0.5, 0.6) is 0 Å². The lowest BCUT2D eigenvalue weighted by molar-refractivity contribution is -0.121. The summed E-state index contributed by atoms with van der Waals surface area (Å²) in [5.74, 6) is 0.427. The first-order chi connectivity index (χ1) is 7.15. The highest BCUT2D eigenvalue weighted by Crippen LogP contribution is 2.18. The van der Waals surface area contributed by atoms with Crippen LogP contribution in [0, 0.1) is 5.92 Å². The summed E-state index contributed by atoms with van der Waals surface area (Å²) in [6.45, 7) is 4.09. The highest BCUT2D eigenvalue weighted by molar-refractivity contribution is 6.31. The summed E-state index contributed by atoms with van der Waals surface area (Å²) in [5.41, 5.74) is 0.937. The van der Waals surface area contributed by atoms with Gasteiger partial charge < -0.3 is 0 Å².